The summed E-state index contributed by atoms with van der Waals surface area (Å²) in [6.07, 6.45) is 7.72. The van der Waals surface area contributed by atoms with E-state index < -0.39 is 0 Å². The molecule has 1 fully saturated rings. The largest absolute Gasteiger partial charge is 0.324 e. The first kappa shape index (κ1) is 12.0. The minimum Gasteiger partial charge on any atom is -0.324 e. The molecule has 1 aliphatic rings. The van der Waals surface area contributed by atoms with Gasteiger partial charge in [0, 0.05) is 24.9 Å². The molecule has 0 spiro atoms. The van der Waals surface area contributed by atoms with Gasteiger partial charge in [-0.15, -0.1) is 0 Å². The predicted octanol–water partition coefficient (Wildman–Crippen LogP) is 2.08. The Balaban J connectivity index is 1.76. The van der Waals surface area contributed by atoms with Crippen molar-refractivity contribution < 1.29 is 0 Å². The number of anilines is 2. The zero-order chi connectivity index (χ0) is 12.9. The third kappa shape index (κ3) is 3.06. The quantitative estimate of drug-likeness (QED) is 0.879. The molecule has 0 radical (unpaired) electrons. The van der Waals surface area contributed by atoms with Crippen molar-refractivity contribution in [3.8, 4) is 0 Å². The van der Waals surface area contributed by atoms with Crippen LogP contribution in [-0.2, 0) is 0 Å². The minimum atomic E-state index is 0.465. The van der Waals surface area contributed by atoms with Crippen molar-refractivity contribution in [1.82, 2.24) is 20.3 Å². The van der Waals surface area contributed by atoms with Gasteiger partial charge in [0.25, 0.3) is 0 Å². The third-order valence-corrected chi connectivity index (χ3v) is 3.29. The van der Waals surface area contributed by atoms with Crippen molar-refractivity contribution >= 4 is 11.6 Å². The summed E-state index contributed by atoms with van der Waals surface area (Å²) < 4.78 is 0. The number of hydrogen-bond acceptors (Lipinski definition) is 5. The highest BCUT2D eigenvalue weighted by atomic mass is 15.1. The zero-order valence-electron chi connectivity index (χ0n) is 10.7. The molecular formula is C14H17N5. The Morgan fingerprint density at radius 2 is 2.21 bits per heavy atom. The molecule has 19 heavy (non-hydrogen) atoms. The summed E-state index contributed by atoms with van der Waals surface area (Å²) in [6.45, 7) is 2.09. The van der Waals surface area contributed by atoms with Gasteiger partial charge in [-0.1, -0.05) is 6.07 Å². The first-order chi connectivity index (χ1) is 9.42. The lowest BCUT2D eigenvalue weighted by atomic mass is 9.96. The van der Waals surface area contributed by atoms with Gasteiger partial charge in [0.05, 0.1) is 11.9 Å². The monoisotopic (exact) mass is 255 g/mol. The second-order valence-corrected chi connectivity index (χ2v) is 4.71. The number of aromatic nitrogens is 3. The topological polar surface area (TPSA) is 62.7 Å². The number of rotatable bonds is 3. The molecule has 0 aromatic carbocycles. The second kappa shape index (κ2) is 5.75. The maximum Gasteiger partial charge on any atom is 0.150 e. The fourth-order valence-electron chi connectivity index (χ4n) is 2.31. The minimum absolute atomic E-state index is 0.465. The Morgan fingerprint density at radius 3 is 3.00 bits per heavy atom. The maximum absolute atomic E-state index is 4.64. The molecule has 0 saturated carbocycles. The molecule has 98 valence electrons. The molecule has 3 heterocycles. The van der Waals surface area contributed by atoms with Crippen LogP contribution in [0.2, 0.25) is 0 Å². The first-order valence-corrected chi connectivity index (χ1v) is 6.62. The van der Waals surface area contributed by atoms with Crippen molar-refractivity contribution in [3.63, 3.8) is 0 Å². The van der Waals surface area contributed by atoms with E-state index in [0.29, 0.717) is 5.92 Å². The Morgan fingerprint density at radius 1 is 1.21 bits per heavy atom. The number of nitrogens with one attached hydrogen (secondary N) is 2. The van der Waals surface area contributed by atoms with Gasteiger partial charge in [-0.3, -0.25) is 4.98 Å². The van der Waals surface area contributed by atoms with Crippen LogP contribution in [0.1, 0.15) is 24.5 Å². The molecule has 1 aliphatic heterocycles. The van der Waals surface area contributed by atoms with Crippen LogP contribution in [-0.4, -0.2) is 28.0 Å². The van der Waals surface area contributed by atoms with E-state index in [4.69, 9.17) is 0 Å². The highest BCUT2D eigenvalue weighted by Gasteiger charge is 2.17. The van der Waals surface area contributed by atoms with Crippen LogP contribution >= 0.6 is 0 Å². The summed E-state index contributed by atoms with van der Waals surface area (Å²) in [5, 5.41) is 6.58. The maximum atomic E-state index is 4.64. The van der Waals surface area contributed by atoms with E-state index in [-0.39, 0.29) is 0 Å². The normalized spacial score (nSPS) is 19.1. The van der Waals surface area contributed by atoms with Crippen LogP contribution in [0.25, 0.3) is 0 Å². The zero-order valence-corrected chi connectivity index (χ0v) is 10.7. The van der Waals surface area contributed by atoms with E-state index >= 15 is 0 Å². The molecule has 0 amide bonds. The molecule has 0 bridgehead atoms. The Hall–Kier alpha value is -2.01. The molecule has 3 rings (SSSR count). The smallest absolute Gasteiger partial charge is 0.150 e. The van der Waals surface area contributed by atoms with E-state index in [1.54, 1.807) is 12.4 Å². The first-order valence-electron chi connectivity index (χ1n) is 6.62. The molecule has 5 heteroatoms. The van der Waals surface area contributed by atoms with Gasteiger partial charge in [-0.2, -0.15) is 0 Å². The molecule has 1 saturated heterocycles. The third-order valence-electron chi connectivity index (χ3n) is 3.29. The number of piperidine rings is 1. The average molecular weight is 255 g/mol. The van der Waals surface area contributed by atoms with Crippen molar-refractivity contribution in [2.24, 2.45) is 0 Å². The van der Waals surface area contributed by atoms with Crippen LogP contribution in [0.3, 0.4) is 0 Å². The molecule has 1 atom stereocenters. The van der Waals surface area contributed by atoms with Gasteiger partial charge in [0.2, 0.25) is 0 Å². The molecule has 2 aromatic rings. The van der Waals surface area contributed by atoms with Crippen molar-refractivity contribution in [2.45, 2.75) is 18.8 Å². The van der Waals surface area contributed by atoms with Crippen LogP contribution < -0.4 is 10.6 Å². The highest BCUT2D eigenvalue weighted by Crippen LogP contribution is 2.22. The lowest BCUT2D eigenvalue weighted by Crippen LogP contribution is -2.29. The van der Waals surface area contributed by atoms with Crippen LogP contribution in [0, 0.1) is 0 Å². The molecular weight excluding hydrogens is 238 g/mol. The van der Waals surface area contributed by atoms with E-state index in [0.717, 1.165) is 30.4 Å². The average Bonchev–Trinajstić information content (AvgIpc) is 2.49. The van der Waals surface area contributed by atoms with Crippen molar-refractivity contribution in [2.75, 3.05) is 18.4 Å². The summed E-state index contributed by atoms with van der Waals surface area (Å²) >= 11 is 0. The second-order valence-electron chi connectivity index (χ2n) is 4.71. The number of nitrogens with zero attached hydrogens (tertiary/aromatic N) is 3. The summed E-state index contributed by atoms with van der Waals surface area (Å²) in [5.74, 6) is 2.00. The molecule has 2 N–H and O–H groups in total. The highest BCUT2D eigenvalue weighted by molar-refractivity contribution is 5.50. The number of pyridine rings is 1. The summed E-state index contributed by atoms with van der Waals surface area (Å²) in [6, 6.07) is 5.75. The molecule has 0 unspecified atom stereocenters. The van der Waals surface area contributed by atoms with Gasteiger partial charge >= 0.3 is 0 Å². The molecule has 0 aliphatic carbocycles. The van der Waals surface area contributed by atoms with E-state index in [2.05, 4.69) is 25.6 Å². The lowest BCUT2D eigenvalue weighted by molar-refractivity contribution is 0.454. The summed E-state index contributed by atoms with van der Waals surface area (Å²) in [7, 11) is 0. The molecule has 5 nitrogen and oxygen atoms in total. The van der Waals surface area contributed by atoms with Gasteiger partial charge < -0.3 is 10.6 Å². The SMILES string of the molecule is c1ccc(Nc2cncc([C@H]3CCCNC3)n2)nc1. The van der Waals surface area contributed by atoms with E-state index in [1.807, 2.05) is 24.4 Å². The van der Waals surface area contributed by atoms with Crippen molar-refractivity contribution in [1.29, 1.82) is 0 Å². The van der Waals surface area contributed by atoms with E-state index in [1.165, 1.54) is 12.8 Å². The fraction of sp³-hybridized carbons (Fsp3) is 0.357. The molecule has 2 aromatic heterocycles. The summed E-state index contributed by atoms with van der Waals surface area (Å²) in [4.78, 5) is 13.1. The van der Waals surface area contributed by atoms with E-state index in [9.17, 15) is 0 Å². The van der Waals surface area contributed by atoms with Crippen molar-refractivity contribution in [3.05, 3.63) is 42.5 Å². The van der Waals surface area contributed by atoms with Crippen LogP contribution in [0.4, 0.5) is 11.6 Å². The van der Waals surface area contributed by atoms with Crippen LogP contribution in [0.5, 0.6) is 0 Å². The van der Waals surface area contributed by atoms with Gasteiger partial charge in [-0.05, 0) is 31.5 Å². The summed E-state index contributed by atoms with van der Waals surface area (Å²) in [5.41, 5.74) is 1.05. The lowest BCUT2D eigenvalue weighted by Gasteiger charge is -2.22. The Labute approximate surface area is 112 Å². The Bertz CT molecular complexity index is 522. The Kier molecular flexibility index (Phi) is 3.65. The van der Waals surface area contributed by atoms with Gasteiger partial charge in [-0.25, -0.2) is 9.97 Å². The van der Waals surface area contributed by atoms with Gasteiger partial charge in [0.15, 0.2) is 0 Å². The predicted molar refractivity (Wildman–Crippen MR) is 74.4 cm³/mol. The van der Waals surface area contributed by atoms with Gasteiger partial charge in [0.1, 0.15) is 11.6 Å². The number of hydrogen-bond donors (Lipinski definition) is 2. The fourth-order valence-corrected chi connectivity index (χ4v) is 2.31. The standard InChI is InChI=1S/C14H17N5/c1-2-7-17-13(5-1)19-14-10-16-9-12(18-14)11-4-3-6-15-8-11/h1-2,5,7,9-11,15H,3-4,6,8H2,(H,17,18,19)/t11-/m0/s1. The van der Waals surface area contributed by atoms with Crippen LogP contribution in [0.15, 0.2) is 36.8 Å².